The lowest BCUT2D eigenvalue weighted by Gasteiger charge is -2.35. The third-order valence-corrected chi connectivity index (χ3v) is 6.94. The quantitative estimate of drug-likeness (QED) is 0.286. The van der Waals surface area contributed by atoms with Gasteiger partial charge in [-0.05, 0) is 72.1 Å². The molecule has 7 nitrogen and oxygen atoms in total. The van der Waals surface area contributed by atoms with Crippen molar-refractivity contribution < 1.29 is 24.5 Å². The largest absolute Gasteiger partial charge is 0.491 e. The van der Waals surface area contributed by atoms with Crippen molar-refractivity contribution in [1.29, 1.82) is 0 Å². The van der Waals surface area contributed by atoms with Gasteiger partial charge in [-0.3, -0.25) is 4.90 Å². The van der Waals surface area contributed by atoms with E-state index in [1.807, 2.05) is 24.3 Å². The number of amides is 1. The molecule has 4 aromatic rings. The minimum absolute atomic E-state index is 0.0140. The minimum Gasteiger partial charge on any atom is -0.491 e. The van der Waals surface area contributed by atoms with E-state index in [1.54, 1.807) is 41.3 Å². The number of ether oxygens (including phenoxy) is 2. The number of aliphatic hydroxyl groups is 2. The Bertz CT molecular complexity index is 1370. The Morgan fingerprint density at radius 3 is 2.56 bits per heavy atom. The standard InChI is InChI=1S/C27H24BrClN2O5/c28-17-3-10-24-23(13-17)22-11-12-31(27(34)36-21-8-4-18(29)5-9-21)26(25(22)30-24)16-1-6-20(7-2-16)35-15-19(33)14-32/h1-10,13,19,26,30,32-33H,11-12,14-15H2/t19?,26-/m1/s1. The predicted molar refractivity (Wildman–Crippen MR) is 141 cm³/mol. The fraction of sp³-hybridized carbons (Fsp3) is 0.222. The van der Waals surface area contributed by atoms with Gasteiger partial charge in [0, 0.05) is 32.6 Å². The van der Waals surface area contributed by atoms with Crippen LogP contribution in [-0.4, -0.2) is 52.1 Å². The highest BCUT2D eigenvalue weighted by Crippen LogP contribution is 2.40. The van der Waals surface area contributed by atoms with Crippen molar-refractivity contribution in [2.45, 2.75) is 18.6 Å². The van der Waals surface area contributed by atoms with Gasteiger partial charge in [0.15, 0.2) is 0 Å². The van der Waals surface area contributed by atoms with Crippen LogP contribution in [0.3, 0.4) is 0 Å². The Morgan fingerprint density at radius 2 is 1.83 bits per heavy atom. The van der Waals surface area contributed by atoms with E-state index >= 15 is 0 Å². The molecule has 0 saturated carbocycles. The molecule has 0 saturated heterocycles. The molecule has 3 N–H and O–H groups in total. The second kappa shape index (κ2) is 10.5. The van der Waals surface area contributed by atoms with Crippen molar-refractivity contribution >= 4 is 44.5 Å². The lowest BCUT2D eigenvalue weighted by atomic mass is 9.92. The Hall–Kier alpha value is -3.04. The van der Waals surface area contributed by atoms with E-state index in [9.17, 15) is 9.90 Å². The van der Waals surface area contributed by atoms with Gasteiger partial charge >= 0.3 is 6.09 Å². The summed E-state index contributed by atoms with van der Waals surface area (Å²) in [7, 11) is 0. The monoisotopic (exact) mass is 570 g/mol. The lowest BCUT2D eigenvalue weighted by Crippen LogP contribution is -2.42. The third-order valence-electron chi connectivity index (χ3n) is 6.19. The van der Waals surface area contributed by atoms with Gasteiger partial charge in [0.2, 0.25) is 0 Å². The lowest BCUT2D eigenvalue weighted by molar-refractivity contribution is 0.0536. The number of hydrogen-bond donors (Lipinski definition) is 3. The number of rotatable bonds is 6. The highest BCUT2D eigenvalue weighted by Gasteiger charge is 2.35. The highest BCUT2D eigenvalue weighted by molar-refractivity contribution is 9.10. The Labute approximate surface area is 221 Å². The molecule has 2 atom stereocenters. The molecule has 36 heavy (non-hydrogen) atoms. The highest BCUT2D eigenvalue weighted by atomic mass is 79.9. The smallest absolute Gasteiger partial charge is 0.416 e. The Balaban J connectivity index is 1.50. The zero-order chi connectivity index (χ0) is 25.2. The van der Waals surface area contributed by atoms with Crippen molar-refractivity contribution in [3.8, 4) is 11.5 Å². The zero-order valence-electron chi connectivity index (χ0n) is 19.2. The molecule has 1 aliphatic rings. The van der Waals surface area contributed by atoms with Gasteiger partial charge in [-0.2, -0.15) is 0 Å². The Morgan fingerprint density at radius 1 is 1.11 bits per heavy atom. The predicted octanol–water partition coefficient (Wildman–Crippen LogP) is 5.46. The van der Waals surface area contributed by atoms with E-state index in [-0.39, 0.29) is 13.2 Å². The molecule has 0 spiro atoms. The van der Waals surface area contributed by atoms with Crippen LogP contribution >= 0.6 is 27.5 Å². The first kappa shape index (κ1) is 24.6. The molecule has 9 heteroatoms. The van der Waals surface area contributed by atoms with E-state index in [4.69, 9.17) is 26.2 Å². The first-order chi connectivity index (χ1) is 17.4. The molecular formula is C27H24BrClN2O5. The van der Waals surface area contributed by atoms with Crippen LogP contribution < -0.4 is 9.47 Å². The fourth-order valence-corrected chi connectivity index (χ4v) is 4.94. The summed E-state index contributed by atoms with van der Waals surface area (Å²) in [6.07, 6.45) is -0.730. The average Bonchev–Trinajstić information content (AvgIpc) is 3.26. The summed E-state index contributed by atoms with van der Waals surface area (Å²) in [5.41, 5.74) is 3.98. The van der Waals surface area contributed by atoms with Crippen LogP contribution in [0.25, 0.3) is 10.9 Å². The zero-order valence-corrected chi connectivity index (χ0v) is 21.5. The number of fused-ring (bicyclic) bond motifs is 3. The summed E-state index contributed by atoms with van der Waals surface area (Å²) < 4.78 is 12.2. The summed E-state index contributed by atoms with van der Waals surface area (Å²) in [5, 5.41) is 20.2. The van der Waals surface area contributed by atoms with Gasteiger partial charge in [0.1, 0.15) is 30.3 Å². The summed E-state index contributed by atoms with van der Waals surface area (Å²) in [4.78, 5) is 18.6. The number of aliphatic hydroxyl groups excluding tert-OH is 2. The molecule has 1 unspecified atom stereocenters. The normalized spacial score (nSPS) is 16.0. The topological polar surface area (TPSA) is 95.0 Å². The average molecular weight is 572 g/mol. The first-order valence-corrected chi connectivity index (χ1v) is 12.7. The van der Waals surface area contributed by atoms with Crippen LogP contribution in [0.1, 0.15) is 22.9 Å². The van der Waals surface area contributed by atoms with Gasteiger partial charge in [-0.25, -0.2) is 4.79 Å². The van der Waals surface area contributed by atoms with Crippen molar-refractivity contribution in [3.05, 3.63) is 93.0 Å². The Kier molecular flexibility index (Phi) is 7.20. The molecule has 0 fully saturated rings. The SMILES string of the molecule is O=C(Oc1ccc(Cl)cc1)N1CCc2c([nH]c3ccc(Br)cc23)[C@H]1c1ccc(OCC(O)CO)cc1. The summed E-state index contributed by atoms with van der Waals surface area (Å²) in [6.45, 7) is 0.0918. The van der Waals surface area contributed by atoms with Gasteiger partial charge < -0.3 is 24.7 Å². The number of halogens is 2. The number of benzene rings is 3. The van der Waals surface area contributed by atoms with Crippen molar-refractivity contribution in [2.75, 3.05) is 19.8 Å². The number of carbonyl (C=O) groups excluding carboxylic acids is 1. The molecule has 0 bridgehead atoms. The molecule has 0 radical (unpaired) electrons. The van der Waals surface area contributed by atoms with Gasteiger partial charge in [0.05, 0.1) is 6.61 Å². The van der Waals surface area contributed by atoms with Gasteiger partial charge in [0.25, 0.3) is 0 Å². The second-order valence-electron chi connectivity index (χ2n) is 8.59. The van der Waals surface area contributed by atoms with E-state index in [2.05, 4.69) is 27.0 Å². The number of hydrogen-bond acceptors (Lipinski definition) is 5. The van der Waals surface area contributed by atoms with Crippen molar-refractivity contribution in [2.24, 2.45) is 0 Å². The maximum Gasteiger partial charge on any atom is 0.416 e. The molecule has 2 heterocycles. The molecule has 1 aromatic heterocycles. The van der Waals surface area contributed by atoms with E-state index < -0.39 is 18.2 Å². The number of H-pyrrole nitrogens is 1. The van der Waals surface area contributed by atoms with E-state index in [0.29, 0.717) is 29.5 Å². The number of nitrogens with zero attached hydrogens (tertiary/aromatic N) is 1. The van der Waals surface area contributed by atoms with E-state index in [1.165, 1.54) is 5.56 Å². The number of nitrogens with one attached hydrogen (secondary N) is 1. The molecule has 5 rings (SSSR count). The molecular weight excluding hydrogens is 548 g/mol. The van der Waals surface area contributed by atoms with E-state index in [0.717, 1.165) is 26.6 Å². The maximum atomic E-state index is 13.4. The summed E-state index contributed by atoms with van der Waals surface area (Å²) >= 11 is 9.54. The molecule has 3 aromatic carbocycles. The molecule has 0 aliphatic carbocycles. The molecule has 1 amide bonds. The van der Waals surface area contributed by atoms with Crippen LogP contribution in [0.15, 0.2) is 71.2 Å². The number of aromatic nitrogens is 1. The van der Waals surface area contributed by atoms with Crippen LogP contribution in [0.2, 0.25) is 5.02 Å². The van der Waals surface area contributed by atoms with Crippen LogP contribution in [0, 0.1) is 0 Å². The van der Waals surface area contributed by atoms with Crippen LogP contribution in [-0.2, 0) is 6.42 Å². The molecule has 186 valence electrons. The third kappa shape index (κ3) is 5.08. The maximum absolute atomic E-state index is 13.4. The second-order valence-corrected chi connectivity index (χ2v) is 9.94. The first-order valence-electron chi connectivity index (χ1n) is 11.5. The fourth-order valence-electron chi connectivity index (χ4n) is 4.46. The summed E-state index contributed by atoms with van der Waals surface area (Å²) in [6, 6.07) is 19.7. The minimum atomic E-state index is -0.950. The van der Waals surface area contributed by atoms with Crippen LogP contribution in [0.5, 0.6) is 11.5 Å². The summed E-state index contributed by atoms with van der Waals surface area (Å²) in [5.74, 6) is 0.971. The number of aromatic amines is 1. The van der Waals surface area contributed by atoms with Crippen LogP contribution in [0.4, 0.5) is 4.79 Å². The van der Waals surface area contributed by atoms with Gasteiger partial charge in [-0.1, -0.05) is 39.7 Å². The van der Waals surface area contributed by atoms with Crippen molar-refractivity contribution in [3.63, 3.8) is 0 Å². The van der Waals surface area contributed by atoms with Gasteiger partial charge in [-0.15, -0.1) is 0 Å². The van der Waals surface area contributed by atoms with Crippen molar-refractivity contribution in [1.82, 2.24) is 9.88 Å². The number of carbonyl (C=O) groups is 1. The molecule has 1 aliphatic heterocycles.